The standard InChI is InChI=1S/C16H22N4O5S/c1-4-8(25-14(22)7(2)3)9-5-6-10(24-9)20-12-11(26-16(20)23)13(21)19-15(17)18-12/h7-10H,4-6H2,1-3H3,(H3,17,18,19,21)/t8-,9-,10+/m0/s1. The number of ether oxygens (including phenoxy) is 2. The largest absolute Gasteiger partial charge is 0.459 e. The lowest BCUT2D eigenvalue weighted by Crippen LogP contribution is -2.32. The average molecular weight is 382 g/mol. The van der Waals surface area contributed by atoms with Crippen molar-refractivity contribution in [3.8, 4) is 0 Å². The van der Waals surface area contributed by atoms with Crippen LogP contribution in [-0.4, -0.2) is 32.7 Å². The Bertz CT molecular complexity index is 931. The van der Waals surface area contributed by atoms with Crippen LogP contribution in [0.4, 0.5) is 5.95 Å². The van der Waals surface area contributed by atoms with Gasteiger partial charge in [-0.2, -0.15) is 4.98 Å². The van der Waals surface area contributed by atoms with E-state index < -0.39 is 11.8 Å². The van der Waals surface area contributed by atoms with Gasteiger partial charge in [0.25, 0.3) is 5.56 Å². The molecule has 3 atom stereocenters. The molecule has 142 valence electrons. The van der Waals surface area contributed by atoms with Crippen molar-refractivity contribution in [2.45, 2.75) is 58.5 Å². The fourth-order valence-corrected chi connectivity index (χ4v) is 3.87. The number of aromatic amines is 1. The lowest BCUT2D eigenvalue weighted by Gasteiger charge is -2.24. The van der Waals surface area contributed by atoms with Crippen molar-refractivity contribution >= 4 is 33.6 Å². The summed E-state index contributed by atoms with van der Waals surface area (Å²) in [7, 11) is 0. The minimum atomic E-state index is -0.568. The summed E-state index contributed by atoms with van der Waals surface area (Å²) in [4.78, 5) is 42.4. The van der Waals surface area contributed by atoms with Gasteiger partial charge in [-0.05, 0) is 19.3 Å². The van der Waals surface area contributed by atoms with E-state index in [2.05, 4.69) is 9.97 Å². The molecule has 0 aliphatic carbocycles. The fourth-order valence-electron chi connectivity index (χ4n) is 3.02. The Morgan fingerprint density at radius 2 is 2.19 bits per heavy atom. The Morgan fingerprint density at radius 1 is 1.46 bits per heavy atom. The first-order chi connectivity index (χ1) is 12.3. The van der Waals surface area contributed by atoms with Crippen molar-refractivity contribution in [3.05, 3.63) is 20.0 Å². The molecule has 2 aromatic rings. The molecule has 9 nitrogen and oxygen atoms in total. The highest BCUT2D eigenvalue weighted by Gasteiger charge is 2.36. The van der Waals surface area contributed by atoms with E-state index in [0.717, 1.165) is 11.3 Å². The van der Waals surface area contributed by atoms with Gasteiger partial charge in [0.15, 0.2) is 5.65 Å². The zero-order valence-electron chi connectivity index (χ0n) is 14.9. The molecule has 0 amide bonds. The molecular weight excluding hydrogens is 360 g/mol. The maximum Gasteiger partial charge on any atom is 0.311 e. The highest BCUT2D eigenvalue weighted by atomic mass is 32.1. The van der Waals surface area contributed by atoms with Crippen LogP contribution in [0.5, 0.6) is 0 Å². The van der Waals surface area contributed by atoms with Gasteiger partial charge in [0.1, 0.15) is 17.0 Å². The number of esters is 1. The van der Waals surface area contributed by atoms with E-state index in [-0.39, 0.29) is 45.3 Å². The van der Waals surface area contributed by atoms with E-state index >= 15 is 0 Å². The molecule has 1 fully saturated rings. The van der Waals surface area contributed by atoms with Gasteiger partial charge in [-0.1, -0.05) is 32.1 Å². The van der Waals surface area contributed by atoms with Crippen LogP contribution in [-0.2, 0) is 14.3 Å². The van der Waals surface area contributed by atoms with Gasteiger partial charge in [-0.15, -0.1) is 0 Å². The molecule has 0 radical (unpaired) electrons. The Hall–Kier alpha value is -2.20. The summed E-state index contributed by atoms with van der Waals surface area (Å²) >= 11 is 0.811. The number of rotatable bonds is 5. The predicted molar refractivity (Wildman–Crippen MR) is 97.1 cm³/mol. The number of nitrogen functional groups attached to an aromatic ring is 1. The number of nitrogens with zero attached hydrogens (tertiary/aromatic N) is 2. The molecule has 26 heavy (non-hydrogen) atoms. The molecular formula is C16H22N4O5S. The van der Waals surface area contributed by atoms with E-state index in [9.17, 15) is 14.4 Å². The molecule has 0 unspecified atom stereocenters. The maximum absolute atomic E-state index is 12.4. The zero-order chi connectivity index (χ0) is 19.0. The summed E-state index contributed by atoms with van der Waals surface area (Å²) in [5.74, 6) is -0.549. The highest BCUT2D eigenvalue weighted by molar-refractivity contribution is 7.16. The van der Waals surface area contributed by atoms with Crippen molar-refractivity contribution < 1.29 is 14.3 Å². The lowest BCUT2D eigenvalue weighted by atomic mass is 10.1. The van der Waals surface area contributed by atoms with Crippen molar-refractivity contribution in [3.63, 3.8) is 0 Å². The lowest BCUT2D eigenvalue weighted by molar-refractivity contribution is -0.162. The molecule has 10 heteroatoms. The van der Waals surface area contributed by atoms with Crippen molar-refractivity contribution in [2.24, 2.45) is 5.92 Å². The number of fused-ring (bicyclic) bond motifs is 1. The first-order valence-electron chi connectivity index (χ1n) is 8.58. The third-order valence-corrected chi connectivity index (χ3v) is 5.31. The quantitative estimate of drug-likeness (QED) is 0.747. The summed E-state index contributed by atoms with van der Waals surface area (Å²) in [6.45, 7) is 5.47. The monoisotopic (exact) mass is 382 g/mol. The number of hydrogen-bond donors (Lipinski definition) is 2. The summed E-state index contributed by atoms with van der Waals surface area (Å²) in [6.07, 6.45) is 0.546. The Kier molecular flexibility index (Phi) is 5.15. The Labute approximate surface area is 153 Å². The third-order valence-electron chi connectivity index (χ3n) is 4.37. The first kappa shape index (κ1) is 18.6. The molecule has 0 spiro atoms. The Balaban J connectivity index is 1.86. The van der Waals surface area contributed by atoms with Crippen LogP contribution in [0.25, 0.3) is 10.3 Å². The summed E-state index contributed by atoms with van der Waals surface area (Å²) < 4.78 is 13.1. The Morgan fingerprint density at radius 3 is 2.85 bits per heavy atom. The van der Waals surface area contributed by atoms with Gasteiger partial charge in [0.05, 0.1) is 12.0 Å². The fraction of sp³-hybridized carbons (Fsp3) is 0.625. The van der Waals surface area contributed by atoms with Crippen LogP contribution in [0.3, 0.4) is 0 Å². The normalized spacial score (nSPS) is 21.4. The average Bonchev–Trinajstić information content (AvgIpc) is 3.16. The summed E-state index contributed by atoms with van der Waals surface area (Å²) in [5, 5.41) is 0. The van der Waals surface area contributed by atoms with E-state index in [1.165, 1.54) is 4.57 Å². The molecule has 1 saturated heterocycles. The number of hydrogen-bond acceptors (Lipinski definition) is 8. The van der Waals surface area contributed by atoms with Gasteiger partial charge >= 0.3 is 10.8 Å². The van der Waals surface area contributed by atoms with Crippen LogP contribution >= 0.6 is 11.3 Å². The number of nitrogens with one attached hydrogen (secondary N) is 1. The van der Waals surface area contributed by atoms with Gasteiger partial charge in [-0.3, -0.25) is 23.9 Å². The molecule has 3 N–H and O–H groups in total. The number of carbonyl (C=O) groups excluding carboxylic acids is 1. The smallest absolute Gasteiger partial charge is 0.311 e. The second-order valence-electron chi connectivity index (χ2n) is 6.59. The van der Waals surface area contributed by atoms with Gasteiger partial charge in [0, 0.05) is 0 Å². The van der Waals surface area contributed by atoms with Crippen LogP contribution in [0, 0.1) is 5.92 Å². The van der Waals surface area contributed by atoms with Crippen LogP contribution < -0.4 is 16.2 Å². The number of H-pyrrole nitrogens is 1. The number of carbonyl (C=O) groups is 1. The second-order valence-corrected chi connectivity index (χ2v) is 7.55. The van der Waals surface area contributed by atoms with Crippen LogP contribution in [0.1, 0.15) is 46.3 Å². The van der Waals surface area contributed by atoms with Crippen molar-refractivity contribution in [1.82, 2.24) is 14.5 Å². The zero-order valence-corrected chi connectivity index (χ0v) is 15.7. The van der Waals surface area contributed by atoms with Crippen LogP contribution in [0.15, 0.2) is 9.59 Å². The maximum atomic E-state index is 12.4. The number of aromatic nitrogens is 3. The van der Waals surface area contributed by atoms with Crippen molar-refractivity contribution in [1.29, 1.82) is 0 Å². The number of thiazole rings is 1. The molecule has 1 aliphatic heterocycles. The molecule has 0 saturated carbocycles. The highest BCUT2D eigenvalue weighted by Crippen LogP contribution is 2.33. The minimum Gasteiger partial charge on any atom is -0.459 e. The number of nitrogens with two attached hydrogens (primary N) is 1. The van der Waals surface area contributed by atoms with Crippen LogP contribution in [0.2, 0.25) is 0 Å². The van der Waals surface area contributed by atoms with Gasteiger partial charge < -0.3 is 15.2 Å². The van der Waals surface area contributed by atoms with E-state index in [0.29, 0.717) is 19.3 Å². The number of anilines is 1. The van der Waals surface area contributed by atoms with Gasteiger partial charge in [0.2, 0.25) is 5.95 Å². The second kappa shape index (κ2) is 7.20. The van der Waals surface area contributed by atoms with Crippen molar-refractivity contribution in [2.75, 3.05) is 5.73 Å². The molecule has 2 aromatic heterocycles. The summed E-state index contributed by atoms with van der Waals surface area (Å²) in [6, 6.07) is 0. The first-order valence-corrected chi connectivity index (χ1v) is 9.40. The topological polar surface area (TPSA) is 129 Å². The minimum absolute atomic E-state index is 0.0547. The van der Waals surface area contributed by atoms with E-state index in [4.69, 9.17) is 15.2 Å². The third kappa shape index (κ3) is 3.38. The molecule has 1 aliphatic rings. The van der Waals surface area contributed by atoms with Gasteiger partial charge in [-0.25, -0.2) is 0 Å². The van der Waals surface area contributed by atoms with E-state index in [1.54, 1.807) is 13.8 Å². The molecule has 3 heterocycles. The molecule has 3 rings (SSSR count). The summed E-state index contributed by atoms with van der Waals surface area (Å²) in [5.41, 5.74) is 5.38. The SMILES string of the molecule is CC[C@H](OC(=O)C(C)C)[C@@H]1CC[C@H](n2c(=O)sc3c(=O)[nH]c(N)nc32)O1. The molecule has 0 aromatic carbocycles. The predicted octanol–water partition coefficient (Wildman–Crippen LogP) is 1.38. The molecule has 0 bridgehead atoms. The van der Waals surface area contributed by atoms with E-state index in [1.807, 2.05) is 6.92 Å².